The predicted octanol–water partition coefficient (Wildman–Crippen LogP) is 5.48. The van der Waals surface area contributed by atoms with E-state index in [9.17, 15) is 0 Å². The van der Waals surface area contributed by atoms with E-state index in [2.05, 4.69) is 59.0 Å². The third-order valence-electron chi connectivity index (χ3n) is 3.14. The fraction of sp³-hybridized carbons (Fsp3) is 0. The van der Waals surface area contributed by atoms with Crippen LogP contribution in [0.3, 0.4) is 0 Å². The maximum absolute atomic E-state index is 4.49. The number of benzene rings is 3. The van der Waals surface area contributed by atoms with Crippen molar-refractivity contribution in [3.05, 3.63) is 90.5 Å². The maximum Gasteiger partial charge on any atom is 0.0434 e. The van der Waals surface area contributed by atoms with Crippen molar-refractivity contribution in [2.45, 2.75) is 4.90 Å². The van der Waals surface area contributed by atoms with Gasteiger partial charge in [0.2, 0.25) is 0 Å². The van der Waals surface area contributed by atoms with Crippen LogP contribution in [0.25, 0.3) is 11.1 Å². The normalized spacial score (nSPS) is 10.9. The molecule has 0 aliphatic carbocycles. The summed E-state index contributed by atoms with van der Waals surface area (Å²) < 4.78 is 4.49. The van der Waals surface area contributed by atoms with E-state index in [-0.39, 0.29) is 0 Å². The molecule has 2 heteroatoms. The molecule has 0 fully saturated rings. The van der Waals surface area contributed by atoms with Gasteiger partial charge in [-0.2, -0.15) is 0 Å². The van der Waals surface area contributed by atoms with E-state index in [0.717, 1.165) is 10.5 Å². The second-order valence-electron chi connectivity index (χ2n) is 4.59. The molecule has 0 aliphatic heterocycles. The zero-order chi connectivity index (χ0) is 14.3. The number of rotatable bonds is 4. The minimum absolute atomic E-state index is 1.13. The molecule has 0 bridgehead atoms. The molecule has 0 saturated heterocycles. The monoisotopic (exact) mass is 289 g/mol. The van der Waals surface area contributed by atoms with Crippen molar-refractivity contribution < 1.29 is 0 Å². The molecule has 3 aromatic carbocycles. The van der Waals surface area contributed by atoms with E-state index < -0.39 is 0 Å². The van der Waals surface area contributed by atoms with Crippen molar-refractivity contribution >= 4 is 18.2 Å². The van der Waals surface area contributed by atoms with Gasteiger partial charge in [-0.05, 0) is 23.3 Å². The molecular formula is C19H15NS. The van der Waals surface area contributed by atoms with Gasteiger partial charge in [0.05, 0.1) is 0 Å². The summed E-state index contributed by atoms with van der Waals surface area (Å²) in [4.78, 5) is 1.14. The number of hydrogen-bond acceptors (Lipinski definition) is 2. The molecule has 0 aliphatic rings. The summed E-state index contributed by atoms with van der Waals surface area (Å²) in [5.41, 5.74) is 3.55. The summed E-state index contributed by atoms with van der Waals surface area (Å²) in [6.07, 6.45) is 1.93. The molecule has 0 spiro atoms. The summed E-state index contributed by atoms with van der Waals surface area (Å²) in [7, 11) is 0. The molecule has 0 aromatic heterocycles. The van der Waals surface area contributed by atoms with Crippen LogP contribution in [0.4, 0.5) is 0 Å². The van der Waals surface area contributed by atoms with Gasteiger partial charge >= 0.3 is 0 Å². The zero-order valence-corrected chi connectivity index (χ0v) is 12.3. The van der Waals surface area contributed by atoms with Gasteiger partial charge in [-0.15, -0.1) is 0 Å². The molecule has 0 unspecified atom stereocenters. The fourth-order valence-corrected chi connectivity index (χ4v) is 2.68. The first kappa shape index (κ1) is 13.7. The summed E-state index contributed by atoms with van der Waals surface area (Å²) in [5, 5.41) is 0. The SMILES string of the molecule is C(=NSc1ccccc1)c1ccccc1-c1ccccc1. The van der Waals surface area contributed by atoms with E-state index in [1.807, 2.05) is 36.5 Å². The van der Waals surface area contributed by atoms with Crippen LogP contribution < -0.4 is 0 Å². The summed E-state index contributed by atoms with van der Waals surface area (Å²) in [6.45, 7) is 0. The molecule has 21 heavy (non-hydrogen) atoms. The van der Waals surface area contributed by atoms with Crippen molar-refractivity contribution in [1.82, 2.24) is 0 Å². The molecule has 3 aromatic rings. The number of nitrogens with zero attached hydrogens (tertiary/aromatic N) is 1. The van der Waals surface area contributed by atoms with E-state index in [0.29, 0.717) is 0 Å². The Morgan fingerprint density at radius 3 is 2.05 bits per heavy atom. The number of hydrogen-bond donors (Lipinski definition) is 0. The van der Waals surface area contributed by atoms with Crippen molar-refractivity contribution in [1.29, 1.82) is 0 Å². The lowest BCUT2D eigenvalue weighted by Crippen LogP contribution is -1.86. The van der Waals surface area contributed by atoms with Gasteiger partial charge in [-0.25, -0.2) is 4.40 Å². The van der Waals surface area contributed by atoms with Gasteiger partial charge in [0, 0.05) is 28.6 Å². The van der Waals surface area contributed by atoms with Crippen LogP contribution in [0.2, 0.25) is 0 Å². The van der Waals surface area contributed by atoms with E-state index in [4.69, 9.17) is 0 Å². The minimum Gasteiger partial charge on any atom is -0.219 e. The predicted molar refractivity (Wildman–Crippen MR) is 91.8 cm³/mol. The molecule has 0 N–H and O–H groups in total. The quantitative estimate of drug-likeness (QED) is 0.457. The minimum atomic E-state index is 1.13. The third-order valence-corrected chi connectivity index (χ3v) is 3.83. The average molecular weight is 289 g/mol. The highest BCUT2D eigenvalue weighted by Gasteiger charge is 2.01. The second-order valence-corrected chi connectivity index (χ2v) is 5.46. The highest BCUT2D eigenvalue weighted by molar-refractivity contribution is 7.98. The van der Waals surface area contributed by atoms with Crippen LogP contribution in [0.1, 0.15) is 5.56 Å². The van der Waals surface area contributed by atoms with Crippen molar-refractivity contribution in [2.75, 3.05) is 0 Å². The lowest BCUT2D eigenvalue weighted by Gasteiger charge is -2.05. The first-order valence-corrected chi connectivity index (χ1v) is 7.61. The van der Waals surface area contributed by atoms with Crippen molar-refractivity contribution in [3.8, 4) is 11.1 Å². The van der Waals surface area contributed by atoms with Crippen molar-refractivity contribution in [3.63, 3.8) is 0 Å². The Labute approximate surface area is 129 Å². The first-order chi connectivity index (χ1) is 10.4. The Kier molecular flexibility index (Phi) is 4.49. The highest BCUT2D eigenvalue weighted by Crippen LogP contribution is 2.23. The van der Waals surface area contributed by atoms with E-state index in [1.165, 1.54) is 23.1 Å². The average Bonchev–Trinajstić information content (AvgIpc) is 2.57. The molecule has 0 atom stereocenters. The zero-order valence-electron chi connectivity index (χ0n) is 11.5. The molecule has 102 valence electrons. The van der Waals surface area contributed by atoms with Crippen LogP contribution >= 0.6 is 11.9 Å². The van der Waals surface area contributed by atoms with Crippen LogP contribution in [-0.4, -0.2) is 6.21 Å². The van der Waals surface area contributed by atoms with Gasteiger partial charge in [0.15, 0.2) is 0 Å². The Bertz CT molecular complexity index is 721. The van der Waals surface area contributed by atoms with Crippen LogP contribution in [-0.2, 0) is 0 Å². The maximum atomic E-state index is 4.49. The summed E-state index contributed by atoms with van der Waals surface area (Å²) in [6, 6.07) is 28.9. The Morgan fingerprint density at radius 2 is 1.29 bits per heavy atom. The smallest absolute Gasteiger partial charge is 0.0434 e. The van der Waals surface area contributed by atoms with Gasteiger partial charge in [0.25, 0.3) is 0 Å². The molecule has 0 radical (unpaired) electrons. The van der Waals surface area contributed by atoms with E-state index >= 15 is 0 Å². The van der Waals surface area contributed by atoms with Crippen LogP contribution in [0.5, 0.6) is 0 Å². The van der Waals surface area contributed by atoms with Gasteiger partial charge < -0.3 is 0 Å². The molecule has 3 rings (SSSR count). The Hall–Kier alpha value is -2.32. The Balaban J connectivity index is 1.83. The van der Waals surface area contributed by atoms with Crippen LogP contribution in [0, 0.1) is 0 Å². The van der Waals surface area contributed by atoms with Gasteiger partial charge in [-0.3, -0.25) is 0 Å². The molecule has 1 nitrogen and oxygen atoms in total. The largest absolute Gasteiger partial charge is 0.219 e. The van der Waals surface area contributed by atoms with Crippen molar-refractivity contribution in [2.24, 2.45) is 4.40 Å². The molecule has 0 amide bonds. The molecule has 0 saturated carbocycles. The molecular weight excluding hydrogens is 274 g/mol. The molecule has 0 heterocycles. The van der Waals surface area contributed by atoms with Crippen LogP contribution in [0.15, 0.2) is 94.2 Å². The topological polar surface area (TPSA) is 12.4 Å². The van der Waals surface area contributed by atoms with Gasteiger partial charge in [0.1, 0.15) is 0 Å². The summed E-state index contributed by atoms with van der Waals surface area (Å²) in [5.74, 6) is 0. The second kappa shape index (κ2) is 6.91. The van der Waals surface area contributed by atoms with Gasteiger partial charge in [-0.1, -0.05) is 72.8 Å². The Morgan fingerprint density at radius 1 is 0.667 bits per heavy atom. The fourth-order valence-electron chi connectivity index (χ4n) is 2.12. The standard InChI is InChI=1S/C19H15NS/c1-3-9-16(10-4-1)19-14-8-7-11-17(19)15-20-21-18-12-5-2-6-13-18/h1-15H. The summed E-state index contributed by atoms with van der Waals surface area (Å²) >= 11 is 1.49. The van der Waals surface area contributed by atoms with E-state index in [1.54, 1.807) is 0 Å². The lowest BCUT2D eigenvalue weighted by molar-refractivity contribution is 1.46. The third kappa shape index (κ3) is 3.61. The highest BCUT2D eigenvalue weighted by atomic mass is 32.2. The lowest BCUT2D eigenvalue weighted by atomic mass is 10.0. The first-order valence-electron chi connectivity index (χ1n) is 6.83.